The van der Waals surface area contributed by atoms with Gasteiger partial charge in [-0.3, -0.25) is 0 Å². The molecule has 0 aromatic rings. The van der Waals surface area contributed by atoms with Crippen molar-refractivity contribution in [3.8, 4) is 0 Å². The van der Waals surface area contributed by atoms with Gasteiger partial charge >= 0.3 is 64.3 Å². The van der Waals surface area contributed by atoms with Crippen LogP contribution in [-0.4, -0.2) is 53.9 Å². The summed E-state index contributed by atoms with van der Waals surface area (Å²) in [5, 5.41) is 0. The Bertz CT molecular complexity index is 14.9. The van der Waals surface area contributed by atoms with E-state index in [1.165, 1.54) is 0 Å². The third kappa shape index (κ3) is 8.82. The fourth-order valence-corrected chi connectivity index (χ4v) is 0. The summed E-state index contributed by atoms with van der Waals surface area (Å²) in [6.07, 6.45) is 0. The molecule has 0 spiro atoms. The first-order chi connectivity index (χ1) is 0. The third-order valence-corrected chi connectivity index (χ3v) is 0. The Morgan fingerprint density at radius 1 is 1.25 bits per heavy atom. The molecule has 0 aromatic carbocycles. The summed E-state index contributed by atoms with van der Waals surface area (Å²) in [5.41, 5.74) is 0. The maximum absolute atomic E-state index is 0. The van der Waals surface area contributed by atoms with E-state index >= 15 is 0 Å². The van der Waals surface area contributed by atoms with Crippen LogP contribution in [-0.2, 0) is 16.8 Å². The SMILES string of the molecule is [B].[Co].[H-].[H-].[H-].[Li+].[Sr+2]. The summed E-state index contributed by atoms with van der Waals surface area (Å²) in [7, 11) is 0. The molecule has 0 bridgehead atoms. The van der Waals surface area contributed by atoms with E-state index in [1.54, 1.807) is 0 Å². The van der Waals surface area contributed by atoms with Crippen LogP contribution < -0.4 is 18.9 Å². The molecular weight excluding hydrogens is 164 g/mol. The topological polar surface area (TPSA) is 0 Å². The van der Waals surface area contributed by atoms with Crippen molar-refractivity contribution in [1.29, 1.82) is 0 Å². The molecule has 4 heteroatoms. The van der Waals surface area contributed by atoms with E-state index in [1.807, 2.05) is 0 Å². The van der Waals surface area contributed by atoms with Gasteiger partial charge in [0.2, 0.25) is 0 Å². The van der Waals surface area contributed by atoms with Gasteiger partial charge in [-0.05, 0) is 0 Å². The van der Waals surface area contributed by atoms with Crippen molar-refractivity contribution < 1.29 is 39.9 Å². The molecule has 0 amide bonds. The number of rotatable bonds is 0. The van der Waals surface area contributed by atoms with Crippen LogP contribution in [0.25, 0.3) is 0 Å². The van der Waals surface area contributed by atoms with Crippen molar-refractivity contribution in [1.82, 2.24) is 0 Å². The average Bonchev–Trinajstić information content (AvgIpc) is 0. The molecular formula is H3BCoLiSr. The summed E-state index contributed by atoms with van der Waals surface area (Å²) in [4.78, 5) is 0. The van der Waals surface area contributed by atoms with Gasteiger partial charge in [-0.25, -0.2) is 0 Å². The monoisotopic (exact) mass is 168 g/mol. The first kappa shape index (κ1) is 30.2. The maximum Gasteiger partial charge on any atom is 2.00 e. The van der Waals surface area contributed by atoms with Crippen molar-refractivity contribution >= 4 is 53.9 Å². The standard InChI is InChI=1S/B.Co.Li.Sr.3H/q;;+1;+2;3*-1. The zero-order valence-corrected chi connectivity index (χ0v) is 7.14. The van der Waals surface area contributed by atoms with Crippen LogP contribution in [0, 0.1) is 0 Å². The van der Waals surface area contributed by atoms with Gasteiger partial charge in [0, 0.05) is 25.2 Å². The predicted octanol–water partition coefficient (Wildman–Crippen LogP) is -3.42. The van der Waals surface area contributed by atoms with Crippen LogP contribution in [0.5, 0.6) is 0 Å². The Morgan fingerprint density at radius 2 is 1.25 bits per heavy atom. The van der Waals surface area contributed by atoms with E-state index < -0.39 is 0 Å². The van der Waals surface area contributed by atoms with Gasteiger partial charge in [-0.15, -0.1) is 0 Å². The second-order valence-corrected chi connectivity index (χ2v) is 0. The van der Waals surface area contributed by atoms with Gasteiger partial charge in [-0.2, -0.15) is 0 Å². The van der Waals surface area contributed by atoms with Crippen molar-refractivity contribution in [2.45, 2.75) is 0 Å². The molecule has 18 valence electrons. The summed E-state index contributed by atoms with van der Waals surface area (Å²) >= 11 is 0. The maximum atomic E-state index is 0. The van der Waals surface area contributed by atoms with E-state index in [0.29, 0.717) is 0 Å². The Kier molecular flexibility index (Phi) is 132. The molecule has 0 aliphatic heterocycles. The van der Waals surface area contributed by atoms with Crippen LogP contribution in [0.1, 0.15) is 4.28 Å². The summed E-state index contributed by atoms with van der Waals surface area (Å²) < 4.78 is 0. The molecule has 0 N–H and O–H groups in total. The van der Waals surface area contributed by atoms with Gasteiger partial charge in [-0.1, -0.05) is 0 Å². The largest absolute Gasteiger partial charge is 2.00 e. The quantitative estimate of drug-likeness (QED) is 0.330. The minimum Gasteiger partial charge on any atom is -1.00 e. The van der Waals surface area contributed by atoms with Crippen LogP contribution >= 0.6 is 0 Å². The predicted molar refractivity (Wildman–Crippen MR) is 14.8 cm³/mol. The van der Waals surface area contributed by atoms with E-state index in [9.17, 15) is 0 Å². The first-order valence-electron chi connectivity index (χ1n) is 0. The third-order valence-electron chi connectivity index (χ3n) is 0. The molecule has 0 saturated carbocycles. The average molecular weight is 167 g/mol. The molecule has 0 heterocycles. The Labute approximate surface area is 92.2 Å². The Hall–Kier alpha value is 2.65. The van der Waals surface area contributed by atoms with Crippen molar-refractivity contribution in [3.05, 3.63) is 0 Å². The number of hydrogen-bond donors (Lipinski definition) is 0. The molecule has 4 heavy (non-hydrogen) atoms. The molecule has 0 atom stereocenters. The first-order valence-corrected chi connectivity index (χ1v) is 0. The van der Waals surface area contributed by atoms with Crippen molar-refractivity contribution in [2.24, 2.45) is 0 Å². The Balaban J connectivity index is 0. The minimum atomic E-state index is 0. The normalized spacial score (nSPS) is 0. The molecule has 0 aliphatic carbocycles. The van der Waals surface area contributed by atoms with Crippen molar-refractivity contribution in [3.63, 3.8) is 0 Å². The summed E-state index contributed by atoms with van der Waals surface area (Å²) in [6.45, 7) is 0. The molecule has 0 unspecified atom stereocenters. The van der Waals surface area contributed by atoms with E-state index in [4.69, 9.17) is 0 Å². The van der Waals surface area contributed by atoms with Crippen LogP contribution in [0.4, 0.5) is 0 Å². The zero-order valence-electron chi connectivity index (χ0n) is 5.62. The van der Waals surface area contributed by atoms with Gasteiger partial charge in [0.1, 0.15) is 0 Å². The van der Waals surface area contributed by atoms with Crippen LogP contribution in [0.2, 0.25) is 0 Å². The van der Waals surface area contributed by atoms with Gasteiger partial charge in [0.25, 0.3) is 0 Å². The van der Waals surface area contributed by atoms with Crippen LogP contribution in [0.3, 0.4) is 0 Å². The van der Waals surface area contributed by atoms with Gasteiger partial charge in [0.15, 0.2) is 0 Å². The summed E-state index contributed by atoms with van der Waals surface area (Å²) in [6, 6.07) is 0. The second-order valence-electron chi connectivity index (χ2n) is 0. The molecule has 0 nitrogen and oxygen atoms in total. The van der Waals surface area contributed by atoms with E-state index in [2.05, 4.69) is 0 Å². The second kappa shape index (κ2) is 17.4. The smallest absolute Gasteiger partial charge is 1.00 e. The number of hydrogen-bond acceptors (Lipinski definition) is 0. The molecule has 4 radical (unpaired) electrons. The molecule has 0 saturated heterocycles. The molecule has 0 aliphatic rings. The fourth-order valence-electron chi connectivity index (χ4n) is 0. The molecule has 0 aromatic heterocycles. The van der Waals surface area contributed by atoms with E-state index in [-0.39, 0.29) is 93.8 Å². The van der Waals surface area contributed by atoms with Gasteiger partial charge < -0.3 is 4.28 Å². The minimum absolute atomic E-state index is 0. The molecule has 0 rings (SSSR count). The zero-order chi connectivity index (χ0) is 0. The summed E-state index contributed by atoms with van der Waals surface area (Å²) in [5.74, 6) is 0. The van der Waals surface area contributed by atoms with E-state index in [0.717, 1.165) is 0 Å². The molecule has 0 fully saturated rings. The van der Waals surface area contributed by atoms with Gasteiger partial charge in [0.05, 0.1) is 0 Å². The fraction of sp³-hybridized carbons (Fsp3) is 0. The van der Waals surface area contributed by atoms with Crippen molar-refractivity contribution in [2.75, 3.05) is 0 Å². The Morgan fingerprint density at radius 3 is 1.25 bits per heavy atom. The van der Waals surface area contributed by atoms with Crippen LogP contribution in [0.15, 0.2) is 0 Å².